The Hall–Kier alpha value is -1.12. The number of hydrogen-bond donors (Lipinski definition) is 0. The molecule has 1 unspecified atom stereocenters. The van der Waals surface area contributed by atoms with E-state index in [9.17, 15) is 9.59 Å². The standard InChI is InChI=1S/C15H22O3/c1-10-5-4-6-11-9-13(18-14(11)17)15(2,3)8-7-12(10)16/h9-10,13H,4-8H2,1-3H3/t10-,13?/m0/s1. The number of fused-ring (bicyclic) bond motifs is 1. The molecule has 0 fully saturated rings. The number of hydrogen-bond acceptors (Lipinski definition) is 3. The van der Waals surface area contributed by atoms with E-state index in [0.717, 1.165) is 31.3 Å². The lowest BCUT2D eigenvalue weighted by molar-refractivity contribution is -0.144. The van der Waals surface area contributed by atoms with Crippen LogP contribution in [0.25, 0.3) is 0 Å². The van der Waals surface area contributed by atoms with Crippen molar-refractivity contribution >= 4 is 11.8 Å². The fourth-order valence-corrected chi connectivity index (χ4v) is 2.64. The van der Waals surface area contributed by atoms with E-state index in [0.29, 0.717) is 12.2 Å². The Kier molecular flexibility index (Phi) is 3.60. The number of esters is 1. The van der Waals surface area contributed by atoms with Crippen molar-refractivity contribution < 1.29 is 14.3 Å². The maximum absolute atomic E-state index is 12.0. The van der Waals surface area contributed by atoms with Gasteiger partial charge in [0.1, 0.15) is 11.9 Å². The minimum absolute atomic E-state index is 0.119. The summed E-state index contributed by atoms with van der Waals surface area (Å²) in [6.07, 6.45) is 5.67. The SMILES string of the molecule is C[C@H]1CCCC2=CC(OC2=O)C(C)(C)CCC1=O. The van der Waals surface area contributed by atoms with Gasteiger partial charge in [-0.1, -0.05) is 20.8 Å². The number of Topliss-reactive ketones (excluding diaryl/α,β-unsaturated/α-hetero) is 1. The average molecular weight is 250 g/mol. The van der Waals surface area contributed by atoms with E-state index in [1.165, 1.54) is 0 Å². The lowest BCUT2D eigenvalue weighted by atomic mass is 9.80. The molecule has 3 heteroatoms. The van der Waals surface area contributed by atoms with Crippen LogP contribution in [0.1, 0.15) is 52.9 Å². The summed E-state index contributed by atoms with van der Waals surface area (Å²) >= 11 is 0. The lowest BCUT2D eigenvalue weighted by Crippen LogP contribution is -2.30. The van der Waals surface area contributed by atoms with Crippen LogP contribution < -0.4 is 0 Å². The van der Waals surface area contributed by atoms with Crippen LogP contribution in [0.4, 0.5) is 0 Å². The first kappa shape index (κ1) is 13.3. The second kappa shape index (κ2) is 4.87. The molecule has 0 N–H and O–H groups in total. The molecule has 1 aliphatic carbocycles. The van der Waals surface area contributed by atoms with E-state index in [-0.39, 0.29) is 23.4 Å². The van der Waals surface area contributed by atoms with Gasteiger partial charge in [0.25, 0.3) is 0 Å². The van der Waals surface area contributed by atoms with Crippen molar-refractivity contribution in [1.29, 1.82) is 0 Å². The molecule has 100 valence electrons. The Labute approximate surface area is 109 Å². The summed E-state index contributed by atoms with van der Waals surface area (Å²) in [5.41, 5.74) is 0.645. The Bertz CT molecular complexity index is 393. The molecule has 0 aromatic rings. The van der Waals surface area contributed by atoms with Gasteiger partial charge in [-0.15, -0.1) is 0 Å². The third-order valence-electron chi connectivity index (χ3n) is 4.27. The zero-order valence-electron chi connectivity index (χ0n) is 11.5. The van der Waals surface area contributed by atoms with Gasteiger partial charge in [0.05, 0.1) is 0 Å². The molecule has 2 aliphatic rings. The maximum Gasteiger partial charge on any atom is 0.334 e. The number of ether oxygens (including phenoxy) is 1. The largest absolute Gasteiger partial charge is 0.454 e. The molecule has 2 bridgehead atoms. The monoisotopic (exact) mass is 250 g/mol. The summed E-state index contributed by atoms with van der Waals surface area (Å²) in [5, 5.41) is 0. The fraction of sp³-hybridized carbons (Fsp3) is 0.733. The van der Waals surface area contributed by atoms with Crippen molar-refractivity contribution in [3.05, 3.63) is 11.6 Å². The molecule has 0 saturated heterocycles. The highest BCUT2D eigenvalue weighted by Gasteiger charge is 2.37. The first-order chi connectivity index (χ1) is 8.40. The summed E-state index contributed by atoms with van der Waals surface area (Å²) in [4.78, 5) is 23.7. The number of rotatable bonds is 0. The molecule has 0 saturated carbocycles. The summed E-state index contributed by atoms with van der Waals surface area (Å²) in [6.45, 7) is 6.14. The second-order valence-corrected chi connectivity index (χ2v) is 6.27. The van der Waals surface area contributed by atoms with Gasteiger partial charge >= 0.3 is 5.97 Å². The Morgan fingerprint density at radius 1 is 1.28 bits per heavy atom. The molecule has 1 heterocycles. The van der Waals surface area contributed by atoms with Crippen LogP contribution in [0, 0.1) is 11.3 Å². The van der Waals surface area contributed by atoms with Gasteiger partial charge in [0.15, 0.2) is 0 Å². The zero-order valence-corrected chi connectivity index (χ0v) is 11.5. The summed E-state index contributed by atoms with van der Waals surface area (Å²) < 4.78 is 5.43. The van der Waals surface area contributed by atoms with Crippen molar-refractivity contribution in [2.45, 2.75) is 59.0 Å². The van der Waals surface area contributed by atoms with E-state index < -0.39 is 0 Å². The Morgan fingerprint density at radius 2 is 2.00 bits per heavy atom. The van der Waals surface area contributed by atoms with Crippen LogP contribution in [0.15, 0.2) is 11.6 Å². The molecule has 0 aromatic carbocycles. The molecule has 0 aromatic heterocycles. The van der Waals surface area contributed by atoms with Crippen molar-refractivity contribution in [3.8, 4) is 0 Å². The van der Waals surface area contributed by atoms with Crippen LogP contribution in [-0.2, 0) is 14.3 Å². The van der Waals surface area contributed by atoms with Crippen molar-refractivity contribution in [2.24, 2.45) is 11.3 Å². The van der Waals surface area contributed by atoms with Gasteiger partial charge in [0.2, 0.25) is 0 Å². The average Bonchev–Trinajstić information content (AvgIpc) is 2.67. The van der Waals surface area contributed by atoms with Crippen molar-refractivity contribution in [1.82, 2.24) is 0 Å². The van der Waals surface area contributed by atoms with Gasteiger partial charge < -0.3 is 4.74 Å². The highest BCUT2D eigenvalue weighted by Crippen LogP contribution is 2.36. The quantitative estimate of drug-likeness (QED) is 0.621. The van der Waals surface area contributed by atoms with Crippen LogP contribution in [0.3, 0.4) is 0 Å². The van der Waals surface area contributed by atoms with Gasteiger partial charge in [-0.05, 0) is 31.8 Å². The van der Waals surface area contributed by atoms with Crippen LogP contribution in [0.2, 0.25) is 0 Å². The number of carbonyl (C=O) groups excluding carboxylic acids is 2. The normalized spacial score (nSPS) is 32.5. The Balaban J connectivity index is 2.19. The highest BCUT2D eigenvalue weighted by molar-refractivity contribution is 5.91. The first-order valence-electron chi connectivity index (χ1n) is 6.84. The Morgan fingerprint density at radius 3 is 2.72 bits per heavy atom. The lowest BCUT2D eigenvalue weighted by Gasteiger charge is -2.29. The number of ketones is 1. The zero-order chi connectivity index (χ0) is 13.3. The van der Waals surface area contributed by atoms with Gasteiger partial charge in [-0.2, -0.15) is 0 Å². The molecular weight excluding hydrogens is 228 g/mol. The van der Waals surface area contributed by atoms with Crippen LogP contribution in [-0.4, -0.2) is 17.9 Å². The fourth-order valence-electron chi connectivity index (χ4n) is 2.64. The van der Waals surface area contributed by atoms with E-state index in [2.05, 4.69) is 13.8 Å². The van der Waals surface area contributed by atoms with Crippen molar-refractivity contribution in [2.75, 3.05) is 0 Å². The van der Waals surface area contributed by atoms with E-state index in [1.54, 1.807) is 0 Å². The molecule has 0 spiro atoms. The molecule has 18 heavy (non-hydrogen) atoms. The predicted octanol–water partition coefficient (Wildman–Crippen LogP) is 3.03. The molecule has 0 amide bonds. The van der Waals surface area contributed by atoms with Gasteiger partial charge in [-0.25, -0.2) is 4.79 Å². The molecule has 2 rings (SSSR count). The summed E-state index contributed by atoms with van der Waals surface area (Å²) in [5.74, 6) is 0.304. The molecule has 3 nitrogen and oxygen atoms in total. The topological polar surface area (TPSA) is 43.4 Å². The first-order valence-corrected chi connectivity index (χ1v) is 6.84. The molecule has 0 radical (unpaired) electrons. The van der Waals surface area contributed by atoms with E-state index in [1.807, 2.05) is 13.0 Å². The molecule has 1 aliphatic heterocycles. The van der Waals surface area contributed by atoms with Gasteiger partial charge in [-0.3, -0.25) is 4.79 Å². The predicted molar refractivity (Wildman–Crippen MR) is 69.0 cm³/mol. The van der Waals surface area contributed by atoms with Crippen LogP contribution in [0.5, 0.6) is 0 Å². The van der Waals surface area contributed by atoms with E-state index >= 15 is 0 Å². The maximum atomic E-state index is 12.0. The van der Waals surface area contributed by atoms with Crippen LogP contribution >= 0.6 is 0 Å². The van der Waals surface area contributed by atoms with Crippen molar-refractivity contribution in [3.63, 3.8) is 0 Å². The third-order valence-corrected chi connectivity index (χ3v) is 4.27. The third kappa shape index (κ3) is 2.65. The molecular formula is C15H22O3. The highest BCUT2D eigenvalue weighted by atomic mass is 16.5. The smallest absolute Gasteiger partial charge is 0.334 e. The summed E-state index contributed by atoms with van der Waals surface area (Å²) in [6, 6.07) is 0. The number of carbonyl (C=O) groups is 2. The second-order valence-electron chi connectivity index (χ2n) is 6.27. The van der Waals surface area contributed by atoms with Gasteiger partial charge in [0, 0.05) is 23.3 Å². The minimum atomic E-state index is -0.166. The van der Waals surface area contributed by atoms with E-state index in [4.69, 9.17) is 4.74 Å². The summed E-state index contributed by atoms with van der Waals surface area (Å²) in [7, 11) is 0. The molecule has 2 atom stereocenters. The minimum Gasteiger partial charge on any atom is -0.454 e.